The van der Waals surface area contributed by atoms with Crippen molar-refractivity contribution in [1.82, 2.24) is 10.2 Å². The first-order valence-corrected chi connectivity index (χ1v) is 13.3. The van der Waals surface area contributed by atoms with Gasteiger partial charge >= 0.3 is 0 Å². The number of sulfonamides is 1. The third kappa shape index (κ3) is 5.84. The monoisotopic (exact) mass is 484 g/mol. The van der Waals surface area contributed by atoms with Crippen molar-refractivity contribution in [2.75, 3.05) is 17.6 Å². The van der Waals surface area contributed by atoms with Crippen LogP contribution >= 0.6 is 0 Å². The molecule has 9 heteroatoms. The van der Waals surface area contributed by atoms with Gasteiger partial charge in [-0.1, -0.05) is 43.2 Å². The van der Waals surface area contributed by atoms with E-state index in [0.717, 1.165) is 24.0 Å². The van der Waals surface area contributed by atoms with Gasteiger partial charge in [-0.05, 0) is 55.5 Å². The summed E-state index contributed by atoms with van der Waals surface area (Å²) < 4.78 is 37.7. The second-order valence-corrected chi connectivity index (χ2v) is 11.3. The van der Waals surface area contributed by atoms with Crippen LogP contribution in [0.4, 0.5) is 5.69 Å². The minimum Gasteiger partial charge on any atom is -0.419 e. The Morgan fingerprint density at radius 1 is 1.12 bits per heavy atom. The van der Waals surface area contributed by atoms with E-state index in [2.05, 4.69) is 10.2 Å². The van der Waals surface area contributed by atoms with Crippen LogP contribution in [0.1, 0.15) is 49.6 Å². The SMILES string of the molecule is CN(c1cc(COC2CCCC2)cc(-c2nnc([C@@](C)(N)Cc3ccccc3)o2)c1)S(C)(=O)=O. The van der Waals surface area contributed by atoms with Crippen molar-refractivity contribution < 1.29 is 17.6 Å². The molecule has 8 nitrogen and oxygen atoms in total. The zero-order valence-electron chi connectivity index (χ0n) is 19.9. The number of rotatable bonds is 9. The molecule has 0 aliphatic heterocycles. The summed E-state index contributed by atoms with van der Waals surface area (Å²) in [6, 6.07) is 15.3. The lowest BCUT2D eigenvalue weighted by Gasteiger charge is -2.20. The molecule has 1 saturated carbocycles. The van der Waals surface area contributed by atoms with Gasteiger partial charge in [-0.2, -0.15) is 0 Å². The Morgan fingerprint density at radius 2 is 1.82 bits per heavy atom. The number of nitrogens with zero attached hydrogens (tertiary/aromatic N) is 3. The average Bonchev–Trinajstić information content (AvgIpc) is 3.49. The van der Waals surface area contributed by atoms with Gasteiger partial charge in [-0.15, -0.1) is 10.2 Å². The molecule has 1 aliphatic carbocycles. The summed E-state index contributed by atoms with van der Waals surface area (Å²) >= 11 is 0. The van der Waals surface area contributed by atoms with Crippen LogP contribution in [0.5, 0.6) is 0 Å². The van der Waals surface area contributed by atoms with Crippen molar-refractivity contribution in [3.05, 3.63) is 65.5 Å². The molecule has 182 valence electrons. The highest BCUT2D eigenvalue weighted by Gasteiger charge is 2.29. The zero-order valence-corrected chi connectivity index (χ0v) is 20.7. The number of aromatic nitrogens is 2. The predicted octanol–water partition coefficient (Wildman–Crippen LogP) is 4.01. The molecule has 0 saturated heterocycles. The second-order valence-electron chi connectivity index (χ2n) is 9.33. The van der Waals surface area contributed by atoms with Gasteiger partial charge in [0.25, 0.3) is 0 Å². The normalized spacial score (nSPS) is 16.5. The van der Waals surface area contributed by atoms with E-state index in [1.807, 2.05) is 49.4 Å². The quantitative estimate of drug-likeness (QED) is 0.488. The van der Waals surface area contributed by atoms with E-state index < -0.39 is 15.6 Å². The summed E-state index contributed by atoms with van der Waals surface area (Å²) in [6.45, 7) is 2.23. The van der Waals surface area contributed by atoms with Gasteiger partial charge < -0.3 is 14.9 Å². The highest BCUT2D eigenvalue weighted by Crippen LogP contribution is 2.31. The van der Waals surface area contributed by atoms with E-state index in [9.17, 15) is 8.42 Å². The minimum atomic E-state index is -3.45. The van der Waals surface area contributed by atoms with Gasteiger partial charge in [0, 0.05) is 12.6 Å². The molecule has 1 fully saturated rings. The van der Waals surface area contributed by atoms with Crippen LogP contribution in [0.3, 0.4) is 0 Å². The van der Waals surface area contributed by atoms with Gasteiger partial charge in [0.05, 0.1) is 30.2 Å². The maximum Gasteiger partial charge on any atom is 0.247 e. The first-order chi connectivity index (χ1) is 16.1. The van der Waals surface area contributed by atoms with E-state index in [1.165, 1.54) is 30.5 Å². The molecule has 0 spiro atoms. The maximum atomic E-state index is 12.2. The smallest absolute Gasteiger partial charge is 0.247 e. The predicted molar refractivity (Wildman–Crippen MR) is 132 cm³/mol. The fourth-order valence-corrected chi connectivity index (χ4v) is 4.68. The Kier molecular flexibility index (Phi) is 7.06. The standard InChI is InChI=1S/C25H32N4O4S/c1-25(26,16-18-9-5-4-6-10-18)24-28-27-23(33-24)20-13-19(17-32-22-11-7-8-12-22)14-21(15-20)29(2)34(3,30)31/h4-6,9-10,13-15,22H,7-8,11-12,16-17,26H2,1-3H3/t25-/m0/s1. The lowest BCUT2D eigenvalue weighted by Crippen LogP contribution is -2.35. The molecule has 1 aliphatic rings. The van der Waals surface area contributed by atoms with Crippen LogP contribution in [-0.2, 0) is 33.3 Å². The molecule has 34 heavy (non-hydrogen) atoms. The molecule has 4 rings (SSSR count). The average molecular weight is 485 g/mol. The summed E-state index contributed by atoms with van der Waals surface area (Å²) in [6.07, 6.45) is 6.41. The van der Waals surface area contributed by atoms with Crippen molar-refractivity contribution in [2.45, 2.75) is 57.3 Å². The highest BCUT2D eigenvalue weighted by atomic mass is 32.2. The molecular weight excluding hydrogens is 452 g/mol. The Morgan fingerprint density at radius 3 is 2.50 bits per heavy atom. The fourth-order valence-electron chi connectivity index (χ4n) is 4.19. The molecule has 2 aromatic carbocycles. The summed E-state index contributed by atoms with van der Waals surface area (Å²) in [5, 5.41) is 8.45. The van der Waals surface area contributed by atoms with E-state index >= 15 is 0 Å². The zero-order chi connectivity index (χ0) is 24.3. The van der Waals surface area contributed by atoms with Crippen molar-refractivity contribution >= 4 is 15.7 Å². The van der Waals surface area contributed by atoms with Crippen molar-refractivity contribution in [2.24, 2.45) is 5.73 Å². The van der Waals surface area contributed by atoms with Crippen LogP contribution < -0.4 is 10.0 Å². The van der Waals surface area contributed by atoms with Crippen LogP contribution in [0, 0.1) is 0 Å². The summed E-state index contributed by atoms with van der Waals surface area (Å²) in [5.74, 6) is 0.600. The third-order valence-electron chi connectivity index (χ3n) is 6.20. The minimum absolute atomic E-state index is 0.241. The molecule has 2 N–H and O–H groups in total. The number of ether oxygens (including phenoxy) is 1. The molecular formula is C25H32N4O4S. The van der Waals surface area contributed by atoms with Gasteiger partial charge in [-0.3, -0.25) is 4.31 Å². The summed E-state index contributed by atoms with van der Waals surface area (Å²) in [4.78, 5) is 0. The van der Waals surface area contributed by atoms with Crippen molar-refractivity contribution in [1.29, 1.82) is 0 Å². The summed E-state index contributed by atoms with van der Waals surface area (Å²) in [5.41, 5.74) is 8.71. The lowest BCUT2D eigenvalue weighted by molar-refractivity contribution is 0.0457. The Hall–Kier alpha value is -2.75. The van der Waals surface area contributed by atoms with Gasteiger partial charge in [-0.25, -0.2) is 8.42 Å². The topological polar surface area (TPSA) is 112 Å². The van der Waals surface area contributed by atoms with Gasteiger partial charge in [0.1, 0.15) is 0 Å². The third-order valence-corrected chi connectivity index (χ3v) is 7.41. The number of anilines is 1. The van der Waals surface area contributed by atoms with Crippen molar-refractivity contribution in [3.63, 3.8) is 0 Å². The molecule has 0 bridgehead atoms. The van der Waals surface area contributed by atoms with Crippen LogP contribution in [0.25, 0.3) is 11.5 Å². The Labute approximate surface area is 201 Å². The molecule has 1 heterocycles. The van der Waals surface area contributed by atoms with E-state index in [1.54, 1.807) is 6.07 Å². The summed E-state index contributed by atoms with van der Waals surface area (Å²) in [7, 11) is -1.93. The number of hydrogen-bond donors (Lipinski definition) is 1. The van der Waals surface area contributed by atoms with Crippen LogP contribution in [0.15, 0.2) is 52.9 Å². The molecule has 1 aromatic heterocycles. The largest absolute Gasteiger partial charge is 0.419 e. The van der Waals surface area contributed by atoms with Gasteiger partial charge in [0.2, 0.25) is 21.8 Å². The molecule has 0 radical (unpaired) electrons. The molecule has 1 atom stereocenters. The molecule has 0 amide bonds. The second kappa shape index (κ2) is 9.85. The Bertz CT molecular complexity index is 1220. The van der Waals surface area contributed by atoms with E-state index in [4.69, 9.17) is 14.9 Å². The van der Waals surface area contributed by atoms with E-state index in [0.29, 0.717) is 30.2 Å². The van der Waals surface area contributed by atoms with E-state index in [-0.39, 0.29) is 12.0 Å². The first-order valence-electron chi connectivity index (χ1n) is 11.5. The number of nitrogens with two attached hydrogens (primary N) is 1. The highest BCUT2D eigenvalue weighted by molar-refractivity contribution is 7.92. The first kappa shape index (κ1) is 24.4. The lowest BCUT2D eigenvalue weighted by atomic mass is 9.94. The van der Waals surface area contributed by atoms with Crippen molar-refractivity contribution in [3.8, 4) is 11.5 Å². The fraction of sp³-hybridized carbons (Fsp3) is 0.440. The van der Waals surface area contributed by atoms with Gasteiger partial charge in [0.15, 0.2) is 0 Å². The van der Waals surface area contributed by atoms with Crippen LogP contribution in [-0.4, -0.2) is 38.0 Å². The molecule has 3 aromatic rings. The number of benzene rings is 2. The number of hydrogen-bond acceptors (Lipinski definition) is 7. The Balaban J connectivity index is 1.63. The molecule has 0 unspecified atom stereocenters. The maximum absolute atomic E-state index is 12.2. The van der Waals surface area contributed by atoms with Crippen LogP contribution in [0.2, 0.25) is 0 Å².